The summed E-state index contributed by atoms with van der Waals surface area (Å²) in [5.41, 5.74) is 1.79. The van der Waals surface area contributed by atoms with Gasteiger partial charge in [-0.2, -0.15) is 5.10 Å². The van der Waals surface area contributed by atoms with Crippen molar-refractivity contribution >= 4 is 27.5 Å². The SMILES string of the molecule is Cc1nccn1-c1ccc(NC(=O)CCn2cc(Br)cn2)cc1. The third-order valence-electron chi connectivity index (χ3n) is 3.42. The fourth-order valence-electron chi connectivity index (χ4n) is 2.26. The normalized spacial score (nSPS) is 10.7. The quantitative estimate of drug-likeness (QED) is 0.746. The molecule has 0 aliphatic carbocycles. The molecule has 0 saturated heterocycles. The molecule has 1 amide bonds. The Hall–Kier alpha value is -2.41. The number of amides is 1. The van der Waals surface area contributed by atoms with E-state index in [4.69, 9.17) is 0 Å². The highest BCUT2D eigenvalue weighted by molar-refractivity contribution is 9.10. The van der Waals surface area contributed by atoms with Crippen LogP contribution in [0.1, 0.15) is 12.2 Å². The summed E-state index contributed by atoms with van der Waals surface area (Å²) in [7, 11) is 0. The minimum absolute atomic E-state index is 0.0387. The van der Waals surface area contributed by atoms with E-state index in [1.54, 1.807) is 17.1 Å². The number of aryl methyl sites for hydroxylation is 2. The van der Waals surface area contributed by atoms with Gasteiger partial charge in [-0.3, -0.25) is 9.48 Å². The van der Waals surface area contributed by atoms with Crippen molar-refractivity contribution < 1.29 is 4.79 Å². The van der Waals surface area contributed by atoms with Gasteiger partial charge in [0, 0.05) is 42.9 Å². The maximum absolute atomic E-state index is 12.0. The van der Waals surface area contributed by atoms with Crippen LogP contribution in [0.25, 0.3) is 5.69 Å². The smallest absolute Gasteiger partial charge is 0.226 e. The molecule has 2 heterocycles. The lowest BCUT2D eigenvalue weighted by Crippen LogP contribution is -2.14. The summed E-state index contributed by atoms with van der Waals surface area (Å²) in [6.07, 6.45) is 7.59. The zero-order valence-electron chi connectivity index (χ0n) is 12.6. The summed E-state index contributed by atoms with van der Waals surface area (Å²) in [6.45, 7) is 2.49. The van der Waals surface area contributed by atoms with Gasteiger partial charge in [0.05, 0.1) is 10.7 Å². The summed E-state index contributed by atoms with van der Waals surface area (Å²) >= 11 is 3.33. The Morgan fingerprint density at radius 2 is 2.09 bits per heavy atom. The van der Waals surface area contributed by atoms with Gasteiger partial charge < -0.3 is 9.88 Å². The maximum Gasteiger partial charge on any atom is 0.226 e. The fraction of sp³-hybridized carbons (Fsp3) is 0.188. The highest BCUT2D eigenvalue weighted by Crippen LogP contribution is 2.15. The minimum atomic E-state index is -0.0387. The molecule has 0 atom stereocenters. The number of imidazole rings is 1. The Morgan fingerprint density at radius 1 is 1.30 bits per heavy atom. The van der Waals surface area contributed by atoms with Crippen LogP contribution in [0.5, 0.6) is 0 Å². The number of nitrogens with one attached hydrogen (secondary N) is 1. The molecule has 0 radical (unpaired) electrons. The zero-order chi connectivity index (χ0) is 16.2. The molecule has 0 fully saturated rings. The Kier molecular flexibility index (Phi) is 4.57. The number of halogens is 1. The van der Waals surface area contributed by atoms with E-state index in [1.165, 1.54) is 0 Å². The van der Waals surface area contributed by atoms with E-state index in [0.29, 0.717) is 13.0 Å². The molecule has 3 rings (SSSR count). The van der Waals surface area contributed by atoms with E-state index in [-0.39, 0.29) is 5.91 Å². The number of benzene rings is 1. The van der Waals surface area contributed by atoms with Crippen LogP contribution in [-0.2, 0) is 11.3 Å². The topological polar surface area (TPSA) is 64.7 Å². The largest absolute Gasteiger partial charge is 0.326 e. The monoisotopic (exact) mass is 373 g/mol. The van der Waals surface area contributed by atoms with Crippen molar-refractivity contribution in [3.63, 3.8) is 0 Å². The summed E-state index contributed by atoms with van der Waals surface area (Å²) in [6, 6.07) is 7.68. The van der Waals surface area contributed by atoms with Crippen LogP contribution in [0.4, 0.5) is 5.69 Å². The molecule has 7 heteroatoms. The van der Waals surface area contributed by atoms with E-state index < -0.39 is 0 Å². The van der Waals surface area contributed by atoms with Gasteiger partial charge in [0.1, 0.15) is 5.82 Å². The van der Waals surface area contributed by atoms with Crippen molar-refractivity contribution in [3.8, 4) is 5.69 Å². The first-order valence-electron chi connectivity index (χ1n) is 7.20. The first-order chi connectivity index (χ1) is 11.1. The lowest BCUT2D eigenvalue weighted by Gasteiger charge is -2.08. The number of nitrogens with zero attached hydrogens (tertiary/aromatic N) is 4. The average Bonchev–Trinajstić information content (AvgIpc) is 3.14. The van der Waals surface area contributed by atoms with Gasteiger partial charge in [-0.05, 0) is 47.1 Å². The second-order valence-electron chi connectivity index (χ2n) is 5.11. The Bertz CT molecular complexity index is 806. The highest BCUT2D eigenvalue weighted by Gasteiger charge is 2.05. The number of carbonyl (C=O) groups is 1. The van der Waals surface area contributed by atoms with Crippen LogP contribution in [0.3, 0.4) is 0 Å². The molecule has 0 aliphatic heterocycles. The first-order valence-corrected chi connectivity index (χ1v) is 7.99. The summed E-state index contributed by atoms with van der Waals surface area (Å²) in [5, 5.41) is 7.01. The van der Waals surface area contributed by atoms with Gasteiger partial charge in [0.15, 0.2) is 0 Å². The van der Waals surface area contributed by atoms with Crippen LogP contribution >= 0.6 is 15.9 Å². The van der Waals surface area contributed by atoms with Crippen LogP contribution in [0.15, 0.2) is 53.5 Å². The molecule has 3 aromatic rings. The first kappa shape index (κ1) is 15.5. The van der Waals surface area contributed by atoms with Crippen molar-refractivity contribution in [2.75, 3.05) is 5.32 Å². The van der Waals surface area contributed by atoms with E-state index in [2.05, 4.69) is 31.3 Å². The molecule has 0 aliphatic rings. The molecular weight excluding hydrogens is 358 g/mol. The summed E-state index contributed by atoms with van der Waals surface area (Å²) < 4.78 is 4.62. The van der Waals surface area contributed by atoms with Crippen molar-refractivity contribution in [2.24, 2.45) is 0 Å². The Labute approximate surface area is 142 Å². The number of aromatic nitrogens is 4. The predicted octanol–water partition coefficient (Wildman–Crippen LogP) is 3.17. The number of carbonyl (C=O) groups excluding carboxylic acids is 1. The second-order valence-corrected chi connectivity index (χ2v) is 6.03. The van der Waals surface area contributed by atoms with Crippen LogP contribution in [0, 0.1) is 6.92 Å². The van der Waals surface area contributed by atoms with Gasteiger partial charge in [-0.15, -0.1) is 0 Å². The maximum atomic E-state index is 12.0. The number of rotatable bonds is 5. The van der Waals surface area contributed by atoms with Gasteiger partial charge in [-0.1, -0.05) is 0 Å². The summed E-state index contributed by atoms with van der Waals surface area (Å²) in [5.74, 6) is 0.885. The standard InChI is InChI=1S/C16H16BrN5O/c1-12-18-7-9-22(12)15-4-2-14(3-5-15)20-16(23)6-8-21-11-13(17)10-19-21/h2-5,7,9-11H,6,8H2,1H3,(H,20,23). The van der Waals surface area contributed by atoms with E-state index >= 15 is 0 Å². The molecule has 1 aromatic carbocycles. The van der Waals surface area contributed by atoms with Crippen LogP contribution in [-0.4, -0.2) is 25.2 Å². The van der Waals surface area contributed by atoms with Crippen LogP contribution in [0.2, 0.25) is 0 Å². The molecule has 6 nitrogen and oxygen atoms in total. The van der Waals surface area contributed by atoms with Crippen molar-refractivity contribution in [3.05, 3.63) is 59.3 Å². The molecule has 0 saturated carbocycles. The van der Waals surface area contributed by atoms with Gasteiger partial charge in [0.2, 0.25) is 5.91 Å². The molecular formula is C16H16BrN5O. The minimum Gasteiger partial charge on any atom is -0.326 e. The molecule has 0 spiro atoms. The Morgan fingerprint density at radius 3 is 2.70 bits per heavy atom. The second kappa shape index (κ2) is 6.78. The van der Waals surface area contributed by atoms with Crippen molar-refractivity contribution in [1.82, 2.24) is 19.3 Å². The third-order valence-corrected chi connectivity index (χ3v) is 3.83. The van der Waals surface area contributed by atoms with Crippen LogP contribution < -0.4 is 5.32 Å². The van der Waals surface area contributed by atoms with E-state index in [9.17, 15) is 4.79 Å². The van der Waals surface area contributed by atoms with E-state index in [0.717, 1.165) is 21.7 Å². The molecule has 23 heavy (non-hydrogen) atoms. The highest BCUT2D eigenvalue weighted by atomic mass is 79.9. The summed E-state index contributed by atoms with van der Waals surface area (Å²) in [4.78, 5) is 16.2. The zero-order valence-corrected chi connectivity index (χ0v) is 14.2. The predicted molar refractivity (Wildman–Crippen MR) is 91.5 cm³/mol. The van der Waals surface area contributed by atoms with Gasteiger partial charge >= 0.3 is 0 Å². The lowest BCUT2D eigenvalue weighted by molar-refractivity contribution is -0.116. The van der Waals surface area contributed by atoms with Gasteiger partial charge in [-0.25, -0.2) is 4.98 Å². The molecule has 0 unspecified atom stereocenters. The number of anilines is 1. The van der Waals surface area contributed by atoms with Gasteiger partial charge in [0.25, 0.3) is 0 Å². The molecule has 1 N–H and O–H groups in total. The lowest BCUT2D eigenvalue weighted by atomic mass is 10.2. The number of hydrogen-bond donors (Lipinski definition) is 1. The molecule has 118 valence electrons. The Balaban J connectivity index is 1.57. The van der Waals surface area contributed by atoms with E-state index in [1.807, 2.05) is 48.1 Å². The molecule has 2 aromatic heterocycles. The number of hydrogen-bond acceptors (Lipinski definition) is 3. The van der Waals surface area contributed by atoms with Crippen molar-refractivity contribution in [2.45, 2.75) is 19.9 Å². The van der Waals surface area contributed by atoms with Crippen molar-refractivity contribution in [1.29, 1.82) is 0 Å². The fourth-order valence-corrected chi connectivity index (χ4v) is 2.58. The third kappa shape index (κ3) is 3.87. The average molecular weight is 374 g/mol. The molecule has 0 bridgehead atoms.